The Hall–Kier alpha value is -7.58. The third kappa shape index (κ3) is 7.10. The molecule has 0 fully saturated rings. The summed E-state index contributed by atoms with van der Waals surface area (Å²) in [7, 11) is 0. The van der Waals surface area contributed by atoms with Crippen molar-refractivity contribution in [3.05, 3.63) is 198 Å². The molecule has 0 bridgehead atoms. The van der Waals surface area contributed by atoms with Crippen molar-refractivity contribution in [1.82, 2.24) is 4.57 Å². The maximum Gasteiger partial charge on any atom is 0.264 e. The Morgan fingerprint density at radius 3 is 1.58 bits per heavy atom. The van der Waals surface area contributed by atoms with Gasteiger partial charge in [0.1, 0.15) is 0 Å². The van der Waals surface area contributed by atoms with Crippen LogP contribution in [-0.2, 0) is 21.7 Å². The zero-order chi connectivity index (χ0) is 54.4. The summed E-state index contributed by atoms with van der Waals surface area (Å²) in [5, 5.41) is 6.51. The smallest absolute Gasteiger partial charge is 0.264 e. The normalized spacial score (nSPS) is 14.0. The first-order chi connectivity index (χ1) is 37.7. The monoisotopic (exact) mass is 1060 g/mol. The molecule has 0 N–H and O–H groups in total. The minimum Gasteiger partial charge on any atom is -0.310 e. The van der Waals surface area contributed by atoms with Crippen LogP contribution >= 0.6 is 22.7 Å². The van der Waals surface area contributed by atoms with Gasteiger partial charge in [-0.25, -0.2) is 0 Å². The summed E-state index contributed by atoms with van der Waals surface area (Å²) < 4.78 is 7.96. The van der Waals surface area contributed by atoms with Crippen molar-refractivity contribution in [3.63, 3.8) is 0 Å². The Bertz CT molecular complexity index is 4510. The van der Waals surface area contributed by atoms with Crippen molar-refractivity contribution in [2.45, 2.75) is 105 Å². The highest BCUT2D eigenvalue weighted by atomic mass is 32.1. The van der Waals surface area contributed by atoms with Gasteiger partial charge in [-0.05, 0) is 152 Å². The van der Waals surface area contributed by atoms with Gasteiger partial charge in [-0.1, -0.05) is 162 Å². The number of anilines is 9. The largest absolute Gasteiger partial charge is 0.310 e. The van der Waals surface area contributed by atoms with Gasteiger partial charge < -0.3 is 19.3 Å². The van der Waals surface area contributed by atoms with E-state index in [1.807, 2.05) is 22.7 Å². The van der Waals surface area contributed by atoms with Crippen molar-refractivity contribution in [3.8, 4) is 5.69 Å². The lowest BCUT2D eigenvalue weighted by molar-refractivity contribution is 0.590. The van der Waals surface area contributed by atoms with Gasteiger partial charge in [0, 0.05) is 68.6 Å². The zero-order valence-electron chi connectivity index (χ0n) is 47.4. The van der Waals surface area contributed by atoms with Gasteiger partial charge in [0.05, 0.1) is 45.2 Å². The number of aromatic nitrogens is 1. The predicted octanol–water partition coefficient (Wildman–Crippen LogP) is 19.4. The summed E-state index contributed by atoms with van der Waals surface area (Å²) >= 11 is 3.90. The molecule has 0 atom stereocenters. The zero-order valence-corrected chi connectivity index (χ0v) is 49.1. The topological polar surface area (TPSA) is 14.7 Å². The standard InChI is InChI=1S/C72H65BN4S2/c1-69(2,3)42-30-32-54-50(34-42)51-36-44(71(7,8)9)38-58-65(51)75(54)59-39-45(72(10,11)12)37-53-67(59)77(58)57-41-48(74(46-22-15-13-16-23-46)47-24-17-14-18-25-47)40-56-64(57)73(53)68-66(52-35-43(70(4,5)6)31-33-61(52)79-68)76(56)55-27-21-29-62-63(55)49-26-19-20-28-60(49)78-62/h13-41H,1-12H3. The fraction of sp³-hybridized carbons (Fsp3) is 0.222. The predicted molar refractivity (Wildman–Crippen MR) is 346 cm³/mol. The van der Waals surface area contributed by atoms with E-state index in [1.54, 1.807) is 0 Å². The lowest BCUT2D eigenvalue weighted by Crippen LogP contribution is -2.61. The highest BCUT2D eigenvalue weighted by Crippen LogP contribution is 2.58. The first-order valence-corrected chi connectivity index (χ1v) is 29.8. The highest BCUT2D eigenvalue weighted by molar-refractivity contribution is 7.33. The van der Waals surface area contributed by atoms with Gasteiger partial charge in [0.15, 0.2) is 0 Å². The van der Waals surface area contributed by atoms with Gasteiger partial charge in [-0.2, -0.15) is 0 Å². The van der Waals surface area contributed by atoms with Crippen LogP contribution < -0.4 is 30.4 Å². The second kappa shape index (κ2) is 16.5. The van der Waals surface area contributed by atoms with E-state index in [4.69, 9.17) is 0 Å². The Kier molecular flexibility index (Phi) is 10.1. The van der Waals surface area contributed by atoms with Crippen LogP contribution in [0.2, 0.25) is 0 Å². The molecule has 388 valence electrons. The van der Waals surface area contributed by atoms with Crippen LogP contribution in [0.3, 0.4) is 0 Å². The minimum absolute atomic E-state index is 0.0224. The van der Waals surface area contributed by atoms with Crippen LogP contribution in [0, 0.1) is 0 Å². The molecule has 4 nitrogen and oxygen atoms in total. The number of thiophene rings is 2. The Balaban J connectivity index is 1.17. The molecule has 3 aliphatic heterocycles. The molecule has 0 amide bonds. The first kappa shape index (κ1) is 48.5. The van der Waals surface area contributed by atoms with E-state index < -0.39 is 0 Å². The van der Waals surface area contributed by atoms with Crippen LogP contribution in [0.25, 0.3) is 57.8 Å². The van der Waals surface area contributed by atoms with Gasteiger partial charge in [0.25, 0.3) is 6.71 Å². The molecular formula is C72H65BN4S2. The van der Waals surface area contributed by atoms with Gasteiger partial charge >= 0.3 is 0 Å². The SMILES string of the molecule is CC(C)(C)c1cc2c3c(c1)-n1c4ccc(C(C)(C)C)cc4c4cc(C(C)(C)C)cc(c41)N3c1cc(N(c3ccccc3)c3ccccc3)cc3c1B2c1sc2ccc(C(C)(C)C)cc2c1N3c1cccc2sc3ccccc3c12. The number of para-hydroxylation sites is 2. The number of fused-ring (bicyclic) bond motifs is 14. The van der Waals surface area contributed by atoms with E-state index in [1.165, 1.54) is 130 Å². The first-order valence-electron chi connectivity index (χ1n) is 28.2. The average Bonchev–Trinajstić information content (AvgIpc) is 3.23. The van der Waals surface area contributed by atoms with Crippen LogP contribution in [0.4, 0.5) is 51.2 Å². The molecule has 7 heteroatoms. The van der Waals surface area contributed by atoms with E-state index >= 15 is 0 Å². The summed E-state index contributed by atoms with van der Waals surface area (Å²) in [6, 6.07) is 68.1. The lowest BCUT2D eigenvalue weighted by Gasteiger charge is -2.46. The average molecular weight is 1060 g/mol. The van der Waals surface area contributed by atoms with Crippen LogP contribution in [0.1, 0.15) is 105 Å². The van der Waals surface area contributed by atoms with Crippen molar-refractivity contribution >= 4 is 148 Å². The second-order valence-corrected chi connectivity index (χ2v) is 28.8. The van der Waals surface area contributed by atoms with E-state index in [2.05, 4.69) is 278 Å². The van der Waals surface area contributed by atoms with E-state index in [0.717, 1.165) is 17.1 Å². The number of nitrogens with zero attached hydrogens (tertiary/aromatic N) is 4. The van der Waals surface area contributed by atoms with Gasteiger partial charge in [-0.3, -0.25) is 0 Å². The fourth-order valence-electron chi connectivity index (χ4n) is 13.3. The molecule has 0 saturated heterocycles. The molecule has 9 aromatic carbocycles. The summed E-state index contributed by atoms with van der Waals surface area (Å²) in [6.07, 6.45) is 0. The van der Waals surface area contributed by atoms with Gasteiger partial charge in [-0.15, -0.1) is 22.7 Å². The van der Waals surface area contributed by atoms with Crippen molar-refractivity contribution in [2.75, 3.05) is 14.7 Å². The van der Waals surface area contributed by atoms with Crippen molar-refractivity contribution in [2.24, 2.45) is 0 Å². The quantitative estimate of drug-likeness (QED) is 0.163. The fourth-order valence-corrected chi connectivity index (χ4v) is 15.7. The van der Waals surface area contributed by atoms with E-state index in [-0.39, 0.29) is 28.4 Å². The molecule has 15 rings (SSSR count). The highest BCUT2D eigenvalue weighted by Gasteiger charge is 2.49. The maximum atomic E-state index is 2.74. The molecule has 0 radical (unpaired) electrons. The molecule has 3 aromatic heterocycles. The third-order valence-electron chi connectivity index (χ3n) is 17.4. The number of benzene rings is 9. The molecule has 6 heterocycles. The van der Waals surface area contributed by atoms with Crippen LogP contribution in [0.15, 0.2) is 176 Å². The molecule has 0 unspecified atom stereocenters. The summed E-state index contributed by atoms with van der Waals surface area (Å²) in [5.74, 6) is 0. The maximum absolute atomic E-state index is 2.74. The van der Waals surface area contributed by atoms with Crippen molar-refractivity contribution in [1.29, 1.82) is 0 Å². The second-order valence-electron chi connectivity index (χ2n) is 26.7. The van der Waals surface area contributed by atoms with E-state index in [9.17, 15) is 0 Å². The summed E-state index contributed by atoms with van der Waals surface area (Å²) in [5.41, 5.74) is 22.2. The van der Waals surface area contributed by atoms with E-state index in [0.29, 0.717) is 0 Å². The number of hydrogen-bond donors (Lipinski definition) is 0. The van der Waals surface area contributed by atoms with Crippen LogP contribution in [-0.4, -0.2) is 11.3 Å². The third-order valence-corrected chi connectivity index (χ3v) is 19.8. The minimum atomic E-state index is -0.145. The number of rotatable bonds is 4. The molecule has 0 aliphatic carbocycles. The molecule has 3 aliphatic rings. The molecule has 0 spiro atoms. The Morgan fingerprint density at radius 1 is 0.380 bits per heavy atom. The van der Waals surface area contributed by atoms with Crippen LogP contribution in [0.5, 0.6) is 0 Å². The lowest BCUT2D eigenvalue weighted by atomic mass is 9.35. The summed E-state index contributed by atoms with van der Waals surface area (Å²) in [4.78, 5) is 7.95. The molecule has 12 aromatic rings. The molecular weight excluding hydrogens is 996 g/mol. The molecule has 0 saturated carbocycles. The van der Waals surface area contributed by atoms with Crippen molar-refractivity contribution < 1.29 is 0 Å². The molecule has 79 heavy (non-hydrogen) atoms. The Morgan fingerprint density at radius 2 is 0.924 bits per heavy atom. The number of hydrogen-bond acceptors (Lipinski definition) is 5. The summed E-state index contributed by atoms with van der Waals surface area (Å²) in [6.45, 7) is 28.4. The Labute approximate surface area is 473 Å². The van der Waals surface area contributed by atoms with Gasteiger partial charge in [0.2, 0.25) is 0 Å².